The van der Waals surface area contributed by atoms with Crippen molar-refractivity contribution in [1.82, 2.24) is 24.9 Å². The first-order valence-corrected chi connectivity index (χ1v) is 8.90. The molecule has 1 fully saturated rings. The van der Waals surface area contributed by atoms with Crippen molar-refractivity contribution in [1.29, 1.82) is 0 Å². The summed E-state index contributed by atoms with van der Waals surface area (Å²) in [5.74, 6) is 0.342. The second-order valence-corrected chi connectivity index (χ2v) is 7.03. The number of nitrogens with one attached hydrogen (secondary N) is 1. The van der Waals surface area contributed by atoms with Crippen molar-refractivity contribution in [3.05, 3.63) is 39.6 Å². The normalized spacial score (nSPS) is 16.9. The van der Waals surface area contributed by atoms with Crippen LogP contribution in [0.15, 0.2) is 17.1 Å². The Labute approximate surface area is 152 Å². The topological polar surface area (TPSA) is 85.1 Å². The van der Waals surface area contributed by atoms with Gasteiger partial charge in [0.2, 0.25) is 5.91 Å². The highest BCUT2D eigenvalue weighted by Gasteiger charge is 2.24. The molecule has 0 aliphatic carbocycles. The van der Waals surface area contributed by atoms with Crippen LogP contribution in [-0.4, -0.2) is 45.1 Å². The molecule has 0 bridgehead atoms. The van der Waals surface area contributed by atoms with E-state index in [0.717, 1.165) is 42.1 Å². The lowest BCUT2D eigenvalue weighted by molar-refractivity contribution is -0.122. The van der Waals surface area contributed by atoms with Gasteiger partial charge in [0, 0.05) is 38.4 Å². The fourth-order valence-electron chi connectivity index (χ4n) is 3.26. The highest BCUT2D eigenvalue weighted by molar-refractivity contribution is 5.75. The monoisotopic (exact) mass is 358 g/mol. The van der Waals surface area contributed by atoms with Crippen molar-refractivity contribution in [2.45, 2.75) is 33.7 Å². The predicted molar refractivity (Wildman–Crippen MR) is 99.2 cm³/mol. The molecular weight excluding hydrogens is 332 g/mol. The summed E-state index contributed by atoms with van der Waals surface area (Å²) < 4.78 is 3.07. The second-order valence-electron chi connectivity index (χ2n) is 7.03. The summed E-state index contributed by atoms with van der Waals surface area (Å²) in [6, 6.07) is 1.61. The highest BCUT2D eigenvalue weighted by Crippen LogP contribution is 2.21. The molecule has 8 heteroatoms. The number of anilines is 1. The molecule has 0 aromatic carbocycles. The van der Waals surface area contributed by atoms with E-state index in [0.29, 0.717) is 12.5 Å². The van der Waals surface area contributed by atoms with Crippen molar-refractivity contribution in [3.63, 3.8) is 0 Å². The van der Waals surface area contributed by atoms with Gasteiger partial charge in [-0.25, -0.2) is 4.68 Å². The Balaban J connectivity index is 1.51. The summed E-state index contributed by atoms with van der Waals surface area (Å²) in [5, 5.41) is 11.5. The lowest BCUT2D eigenvalue weighted by Gasteiger charge is -2.18. The van der Waals surface area contributed by atoms with E-state index < -0.39 is 0 Å². The Hall–Kier alpha value is -2.64. The number of hydrogen-bond donors (Lipinski definition) is 1. The molecule has 3 rings (SSSR count). The SMILES string of the molecule is Cc1nn(CC(=O)NCC2CCN(c3cnn(C)c(=O)c3)C2)c(C)c1C. The molecule has 140 valence electrons. The first kappa shape index (κ1) is 18.2. The van der Waals surface area contributed by atoms with E-state index in [4.69, 9.17) is 0 Å². The van der Waals surface area contributed by atoms with E-state index in [2.05, 4.69) is 20.4 Å². The van der Waals surface area contributed by atoms with E-state index in [9.17, 15) is 9.59 Å². The zero-order valence-corrected chi connectivity index (χ0v) is 15.8. The molecular formula is C18H26N6O2. The molecule has 1 amide bonds. The first-order valence-electron chi connectivity index (χ1n) is 8.90. The van der Waals surface area contributed by atoms with E-state index in [1.165, 1.54) is 4.68 Å². The van der Waals surface area contributed by atoms with E-state index in [1.807, 2.05) is 20.8 Å². The molecule has 0 radical (unpaired) electrons. The molecule has 2 aromatic heterocycles. The molecule has 8 nitrogen and oxygen atoms in total. The number of rotatable bonds is 5. The molecule has 1 atom stereocenters. The van der Waals surface area contributed by atoms with Crippen LogP contribution in [0.5, 0.6) is 0 Å². The lowest BCUT2D eigenvalue weighted by Crippen LogP contribution is -2.34. The van der Waals surface area contributed by atoms with Gasteiger partial charge in [0.05, 0.1) is 17.6 Å². The number of hydrogen-bond acceptors (Lipinski definition) is 5. The standard InChI is InChI=1S/C18H26N6O2/c1-12-13(2)21-24(14(12)3)11-17(25)19-8-15-5-6-23(10-15)16-7-18(26)22(4)20-9-16/h7,9,15H,5-6,8,10-11H2,1-4H3,(H,19,25). The van der Waals surface area contributed by atoms with Gasteiger partial charge in [-0.1, -0.05) is 0 Å². The van der Waals surface area contributed by atoms with Crippen LogP contribution in [0.4, 0.5) is 5.69 Å². The summed E-state index contributed by atoms with van der Waals surface area (Å²) in [6.45, 7) is 8.51. The van der Waals surface area contributed by atoms with Crippen LogP contribution < -0.4 is 15.8 Å². The number of aryl methyl sites for hydroxylation is 2. The van der Waals surface area contributed by atoms with Crippen LogP contribution in [0, 0.1) is 26.7 Å². The minimum atomic E-state index is -0.112. The van der Waals surface area contributed by atoms with Gasteiger partial charge in [-0.3, -0.25) is 14.3 Å². The highest BCUT2D eigenvalue weighted by atomic mass is 16.2. The summed E-state index contributed by atoms with van der Waals surface area (Å²) in [6.07, 6.45) is 2.70. The van der Waals surface area contributed by atoms with E-state index in [-0.39, 0.29) is 18.0 Å². The summed E-state index contributed by atoms with van der Waals surface area (Å²) >= 11 is 0. The maximum absolute atomic E-state index is 12.2. The predicted octanol–water partition coefficient (Wildman–Crippen LogP) is 0.545. The van der Waals surface area contributed by atoms with Crippen molar-refractivity contribution in [2.75, 3.05) is 24.5 Å². The Morgan fingerprint density at radius 2 is 2.12 bits per heavy atom. The maximum Gasteiger partial charge on any atom is 0.268 e. The van der Waals surface area contributed by atoms with Crippen molar-refractivity contribution in [2.24, 2.45) is 13.0 Å². The van der Waals surface area contributed by atoms with Crippen LogP contribution in [0.1, 0.15) is 23.4 Å². The number of aromatic nitrogens is 4. The molecule has 1 N–H and O–H groups in total. The Morgan fingerprint density at radius 1 is 1.35 bits per heavy atom. The molecule has 3 heterocycles. The van der Waals surface area contributed by atoms with Gasteiger partial charge in [0.15, 0.2) is 0 Å². The van der Waals surface area contributed by atoms with Gasteiger partial charge in [0.1, 0.15) is 6.54 Å². The van der Waals surface area contributed by atoms with Crippen molar-refractivity contribution < 1.29 is 4.79 Å². The molecule has 1 saturated heterocycles. The summed E-state index contributed by atoms with van der Waals surface area (Å²) in [4.78, 5) is 26.1. The van der Waals surface area contributed by atoms with Gasteiger partial charge in [-0.2, -0.15) is 10.2 Å². The molecule has 0 saturated carbocycles. The third-order valence-corrected chi connectivity index (χ3v) is 5.23. The molecule has 0 spiro atoms. The maximum atomic E-state index is 12.2. The Bertz CT molecular complexity index is 869. The smallest absolute Gasteiger partial charge is 0.268 e. The van der Waals surface area contributed by atoms with Crippen molar-refractivity contribution >= 4 is 11.6 Å². The quantitative estimate of drug-likeness (QED) is 0.843. The van der Waals surface area contributed by atoms with E-state index in [1.54, 1.807) is 24.0 Å². The first-order chi connectivity index (χ1) is 12.3. The number of carbonyl (C=O) groups excluding carboxylic acids is 1. The minimum Gasteiger partial charge on any atom is -0.370 e. The van der Waals surface area contributed by atoms with Crippen LogP contribution in [0.2, 0.25) is 0 Å². The van der Waals surface area contributed by atoms with Gasteiger partial charge >= 0.3 is 0 Å². The largest absolute Gasteiger partial charge is 0.370 e. The zero-order valence-electron chi connectivity index (χ0n) is 15.8. The van der Waals surface area contributed by atoms with Crippen LogP contribution in [0.3, 0.4) is 0 Å². The number of carbonyl (C=O) groups is 1. The van der Waals surface area contributed by atoms with E-state index >= 15 is 0 Å². The summed E-state index contributed by atoms with van der Waals surface area (Å²) in [7, 11) is 1.64. The fourth-order valence-corrected chi connectivity index (χ4v) is 3.26. The van der Waals surface area contributed by atoms with Gasteiger partial charge in [-0.15, -0.1) is 0 Å². The molecule has 1 aliphatic rings. The third-order valence-electron chi connectivity index (χ3n) is 5.23. The number of amides is 1. The van der Waals surface area contributed by atoms with Crippen LogP contribution >= 0.6 is 0 Å². The summed E-state index contributed by atoms with van der Waals surface area (Å²) in [5.41, 5.74) is 3.86. The lowest BCUT2D eigenvalue weighted by atomic mass is 10.1. The molecule has 2 aromatic rings. The second kappa shape index (κ2) is 7.31. The zero-order chi connectivity index (χ0) is 18.8. The Morgan fingerprint density at radius 3 is 2.77 bits per heavy atom. The third kappa shape index (κ3) is 3.79. The van der Waals surface area contributed by atoms with Gasteiger partial charge in [0.25, 0.3) is 5.56 Å². The minimum absolute atomic E-state index is 0.0238. The molecule has 26 heavy (non-hydrogen) atoms. The van der Waals surface area contributed by atoms with Crippen molar-refractivity contribution in [3.8, 4) is 0 Å². The average Bonchev–Trinajstić information content (AvgIpc) is 3.17. The number of nitrogens with zero attached hydrogens (tertiary/aromatic N) is 5. The fraction of sp³-hybridized carbons (Fsp3) is 0.556. The van der Waals surface area contributed by atoms with Crippen LogP contribution in [-0.2, 0) is 18.4 Å². The van der Waals surface area contributed by atoms with Crippen LogP contribution in [0.25, 0.3) is 0 Å². The van der Waals surface area contributed by atoms with Gasteiger partial charge < -0.3 is 10.2 Å². The Kier molecular flexibility index (Phi) is 5.11. The molecule has 1 unspecified atom stereocenters. The van der Waals surface area contributed by atoms with Gasteiger partial charge in [-0.05, 0) is 38.7 Å². The molecule has 1 aliphatic heterocycles. The average molecular weight is 358 g/mol.